The smallest absolute Gasteiger partial charge is 0.261 e. The molecule has 0 atom stereocenters. The number of hydrogen-bond acceptors (Lipinski definition) is 3. The van der Waals surface area contributed by atoms with Crippen molar-refractivity contribution in [1.29, 1.82) is 0 Å². The SMILES string of the molecule is NC/C=C/CN1C(=O)c2ccccc2C1=O. The number of rotatable bonds is 3. The van der Waals surface area contributed by atoms with Crippen molar-refractivity contribution in [3.05, 3.63) is 47.5 Å². The van der Waals surface area contributed by atoms with Crippen LogP contribution in [0.15, 0.2) is 36.4 Å². The van der Waals surface area contributed by atoms with Gasteiger partial charge in [-0.15, -0.1) is 0 Å². The van der Waals surface area contributed by atoms with Gasteiger partial charge in [0.25, 0.3) is 11.8 Å². The first-order chi connectivity index (χ1) is 7.75. The highest BCUT2D eigenvalue weighted by Crippen LogP contribution is 2.21. The van der Waals surface area contributed by atoms with Crippen LogP contribution in [0, 0.1) is 0 Å². The number of carbonyl (C=O) groups is 2. The zero-order valence-corrected chi connectivity index (χ0v) is 8.72. The first-order valence-corrected chi connectivity index (χ1v) is 5.06. The van der Waals surface area contributed by atoms with E-state index >= 15 is 0 Å². The molecule has 4 heteroatoms. The number of imide groups is 1. The molecule has 82 valence electrons. The second kappa shape index (κ2) is 4.28. The zero-order valence-electron chi connectivity index (χ0n) is 8.72. The highest BCUT2D eigenvalue weighted by Gasteiger charge is 2.33. The molecule has 2 amide bonds. The third kappa shape index (κ3) is 1.63. The lowest BCUT2D eigenvalue weighted by molar-refractivity contribution is 0.0672. The second-order valence-electron chi connectivity index (χ2n) is 3.47. The van der Waals surface area contributed by atoms with E-state index in [4.69, 9.17) is 5.73 Å². The molecule has 4 nitrogen and oxygen atoms in total. The lowest BCUT2D eigenvalue weighted by atomic mass is 10.1. The van der Waals surface area contributed by atoms with Crippen LogP contribution in [0.2, 0.25) is 0 Å². The van der Waals surface area contributed by atoms with E-state index in [1.54, 1.807) is 36.4 Å². The monoisotopic (exact) mass is 216 g/mol. The van der Waals surface area contributed by atoms with Crippen LogP contribution in [0.25, 0.3) is 0 Å². The van der Waals surface area contributed by atoms with E-state index in [0.717, 1.165) is 0 Å². The van der Waals surface area contributed by atoms with Gasteiger partial charge in [-0.25, -0.2) is 0 Å². The molecule has 0 saturated heterocycles. The summed E-state index contributed by atoms with van der Waals surface area (Å²) in [5.74, 6) is -0.468. The Morgan fingerprint density at radius 3 is 2.12 bits per heavy atom. The molecule has 1 aromatic carbocycles. The molecule has 16 heavy (non-hydrogen) atoms. The van der Waals surface area contributed by atoms with Crippen molar-refractivity contribution in [2.75, 3.05) is 13.1 Å². The van der Waals surface area contributed by atoms with Gasteiger partial charge >= 0.3 is 0 Å². The third-order valence-corrected chi connectivity index (χ3v) is 2.47. The minimum absolute atomic E-state index is 0.234. The number of nitrogens with two attached hydrogens (primary N) is 1. The van der Waals surface area contributed by atoms with Gasteiger partial charge in [-0.2, -0.15) is 0 Å². The molecule has 0 fully saturated rings. The minimum atomic E-state index is -0.234. The van der Waals surface area contributed by atoms with Crippen LogP contribution in [0.1, 0.15) is 20.7 Å². The molecular weight excluding hydrogens is 204 g/mol. The standard InChI is InChI=1S/C12H12N2O2/c13-7-3-4-8-14-11(15)9-5-1-2-6-10(9)12(14)16/h1-6H,7-8,13H2/b4-3+. The van der Waals surface area contributed by atoms with E-state index in [2.05, 4.69) is 0 Å². The Balaban J connectivity index is 2.25. The maximum Gasteiger partial charge on any atom is 0.261 e. The number of hydrogen-bond donors (Lipinski definition) is 1. The van der Waals surface area contributed by atoms with Crippen LogP contribution in [0.3, 0.4) is 0 Å². The number of nitrogens with zero attached hydrogens (tertiary/aromatic N) is 1. The van der Waals surface area contributed by atoms with Crippen molar-refractivity contribution in [2.45, 2.75) is 0 Å². The molecule has 1 aliphatic heterocycles. The molecular formula is C12H12N2O2. The molecule has 0 aliphatic carbocycles. The van der Waals surface area contributed by atoms with Gasteiger partial charge in [-0.3, -0.25) is 14.5 Å². The normalized spacial score (nSPS) is 14.9. The zero-order chi connectivity index (χ0) is 11.5. The van der Waals surface area contributed by atoms with Crippen LogP contribution < -0.4 is 5.73 Å². The van der Waals surface area contributed by atoms with Crippen LogP contribution >= 0.6 is 0 Å². The fourth-order valence-electron chi connectivity index (χ4n) is 1.68. The van der Waals surface area contributed by atoms with Gasteiger partial charge < -0.3 is 5.73 Å². The number of benzene rings is 1. The van der Waals surface area contributed by atoms with Crippen molar-refractivity contribution in [3.8, 4) is 0 Å². The van der Waals surface area contributed by atoms with Crippen LogP contribution in [-0.2, 0) is 0 Å². The van der Waals surface area contributed by atoms with Gasteiger partial charge in [0.15, 0.2) is 0 Å². The number of amides is 2. The first kappa shape index (κ1) is 10.6. The molecule has 0 bridgehead atoms. The summed E-state index contributed by atoms with van der Waals surface area (Å²) >= 11 is 0. The highest BCUT2D eigenvalue weighted by molar-refractivity contribution is 6.21. The summed E-state index contributed by atoms with van der Waals surface area (Å²) in [6.45, 7) is 0.687. The maximum absolute atomic E-state index is 11.8. The molecule has 1 aromatic rings. The molecule has 1 aliphatic rings. The third-order valence-electron chi connectivity index (χ3n) is 2.47. The molecule has 2 N–H and O–H groups in total. The number of fused-ring (bicyclic) bond motifs is 1. The molecule has 1 heterocycles. The van der Waals surface area contributed by atoms with Crippen LogP contribution in [0.4, 0.5) is 0 Å². The van der Waals surface area contributed by atoms with Gasteiger partial charge in [-0.1, -0.05) is 24.3 Å². The van der Waals surface area contributed by atoms with Crippen LogP contribution in [0.5, 0.6) is 0 Å². The Labute approximate surface area is 93.3 Å². The Bertz CT molecular complexity index is 431. The minimum Gasteiger partial charge on any atom is -0.327 e. The summed E-state index contributed by atoms with van der Waals surface area (Å²) in [7, 11) is 0. The average molecular weight is 216 g/mol. The molecule has 0 saturated carbocycles. The second-order valence-corrected chi connectivity index (χ2v) is 3.47. The van der Waals surface area contributed by atoms with Gasteiger partial charge in [0.2, 0.25) is 0 Å². The average Bonchev–Trinajstić information content (AvgIpc) is 2.55. The summed E-state index contributed by atoms with van der Waals surface area (Å²) in [4.78, 5) is 24.9. The summed E-state index contributed by atoms with van der Waals surface area (Å²) in [5, 5.41) is 0. The maximum atomic E-state index is 11.8. The summed E-state index contributed by atoms with van der Waals surface area (Å²) in [5.41, 5.74) is 6.25. The predicted molar refractivity (Wildman–Crippen MR) is 60.0 cm³/mol. The van der Waals surface area contributed by atoms with Gasteiger partial charge in [-0.05, 0) is 12.1 Å². The lowest BCUT2D eigenvalue weighted by Gasteiger charge is -2.09. The fourth-order valence-corrected chi connectivity index (χ4v) is 1.68. The Morgan fingerprint density at radius 1 is 1.06 bits per heavy atom. The van der Waals surface area contributed by atoms with E-state index < -0.39 is 0 Å². The Kier molecular flexibility index (Phi) is 2.83. The highest BCUT2D eigenvalue weighted by atomic mass is 16.2. The topological polar surface area (TPSA) is 63.4 Å². The predicted octanol–water partition coefficient (Wildman–Crippen LogP) is 0.798. The van der Waals surface area contributed by atoms with Gasteiger partial charge in [0.1, 0.15) is 0 Å². The van der Waals surface area contributed by atoms with E-state index in [-0.39, 0.29) is 18.4 Å². The molecule has 0 spiro atoms. The number of carbonyl (C=O) groups excluding carboxylic acids is 2. The van der Waals surface area contributed by atoms with Crippen LogP contribution in [-0.4, -0.2) is 29.8 Å². The van der Waals surface area contributed by atoms with Crippen molar-refractivity contribution in [2.24, 2.45) is 5.73 Å². The lowest BCUT2D eigenvalue weighted by Crippen LogP contribution is -2.29. The van der Waals surface area contributed by atoms with Crippen molar-refractivity contribution in [3.63, 3.8) is 0 Å². The van der Waals surface area contributed by atoms with Gasteiger partial charge in [0.05, 0.1) is 11.1 Å². The van der Waals surface area contributed by atoms with Crippen molar-refractivity contribution < 1.29 is 9.59 Å². The molecule has 2 rings (SSSR count). The molecule has 0 aromatic heterocycles. The first-order valence-electron chi connectivity index (χ1n) is 5.06. The van der Waals surface area contributed by atoms with E-state index in [9.17, 15) is 9.59 Å². The Hall–Kier alpha value is -1.94. The summed E-state index contributed by atoms with van der Waals surface area (Å²) in [6.07, 6.45) is 3.45. The largest absolute Gasteiger partial charge is 0.327 e. The van der Waals surface area contributed by atoms with E-state index in [0.29, 0.717) is 17.7 Å². The quantitative estimate of drug-likeness (QED) is 0.600. The van der Waals surface area contributed by atoms with Gasteiger partial charge in [0, 0.05) is 13.1 Å². The van der Waals surface area contributed by atoms with Crippen molar-refractivity contribution in [1.82, 2.24) is 4.90 Å². The van der Waals surface area contributed by atoms with Crippen molar-refractivity contribution >= 4 is 11.8 Å². The molecule has 0 radical (unpaired) electrons. The molecule has 0 unspecified atom stereocenters. The summed E-state index contributed by atoms with van der Waals surface area (Å²) < 4.78 is 0. The Morgan fingerprint density at radius 2 is 1.62 bits per heavy atom. The van der Waals surface area contributed by atoms with E-state index in [1.165, 1.54) is 4.90 Å². The fraction of sp³-hybridized carbons (Fsp3) is 0.167. The van der Waals surface area contributed by atoms with E-state index in [1.807, 2.05) is 0 Å². The summed E-state index contributed by atoms with van der Waals surface area (Å²) in [6, 6.07) is 6.84.